The van der Waals surface area contributed by atoms with Crippen LogP contribution in [0.15, 0.2) is 53.4 Å². The van der Waals surface area contributed by atoms with Gasteiger partial charge in [-0.15, -0.1) is 0 Å². The van der Waals surface area contributed by atoms with Crippen LogP contribution in [0.5, 0.6) is 0 Å². The smallest absolute Gasteiger partial charge is 0.322 e. The van der Waals surface area contributed by atoms with E-state index in [9.17, 15) is 26.4 Å². The minimum absolute atomic E-state index is 0.0996. The number of halogens is 3. The number of rotatable bonds is 5. The molecule has 6 nitrogen and oxygen atoms in total. The molecule has 31 heavy (non-hydrogen) atoms. The fourth-order valence-corrected chi connectivity index (χ4v) is 4.78. The lowest BCUT2D eigenvalue weighted by Crippen LogP contribution is -2.50. The summed E-state index contributed by atoms with van der Waals surface area (Å²) in [6.07, 6.45) is -4.55. The molecule has 1 aliphatic rings. The molecular formula is C21H24F3N3O3S. The topological polar surface area (TPSA) is 69.7 Å². The van der Waals surface area contributed by atoms with E-state index < -0.39 is 27.7 Å². The third-order valence-corrected chi connectivity index (χ3v) is 7.12. The molecular weight excluding hydrogens is 431 g/mol. The van der Waals surface area contributed by atoms with Gasteiger partial charge in [-0.2, -0.15) is 17.5 Å². The fraction of sp³-hybridized carbons (Fsp3) is 0.381. The largest absolute Gasteiger partial charge is 0.416 e. The molecule has 0 unspecified atom stereocenters. The number of nitrogens with one attached hydrogen (secondary N) is 1. The number of carbonyl (C=O) groups excluding carboxylic acids is 1. The lowest BCUT2D eigenvalue weighted by Gasteiger charge is -2.36. The first-order chi connectivity index (χ1) is 14.5. The SMILES string of the molecule is CC(C)N1CCN(S(=O)(=O)c2ccc(NC(=O)c3cccc(C(F)(F)F)c3)cc2)CC1. The van der Waals surface area contributed by atoms with Crippen LogP contribution in [0.25, 0.3) is 0 Å². The van der Waals surface area contributed by atoms with E-state index in [-0.39, 0.29) is 16.1 Å². The maximum atomic E-state index is 12.9. The summed E-state index contributed by atoms with van der Waals surface area (Å²) in [4.78, 5) is 14.6. The molecule has 0 aromatic heterocycles. The third kappa shape index (κ3) is 5.44. The second kappa shape index (κ2) is 8.97. The van der Waals surface area contributed by atoms with Crippen molar-refractivity contribution in [3.8, 4) is 0 Å². The number of piperazine rings is 1. The van der Waals surface area contributed by atoms with Gasteiger partial charge < -0.3 is 5.32 Å². The number of carbonyl (C=O) groups is 1. The van der Waals surface area contributed by atoms with Crippen molar-refractivity contribution in [3.05, 3.63) is 59.7 Å². The predicted molar refractivity (Wildman–Crippen MR) is 111 cm³/mol. The Balaban J connectivity index is 1.68. The molecule has 2 aromatic carbocycles. The van der Waals surface area contributed by atoms with Crippen molar-refractivity contribution in [3.63, 3.8) is 0 Å². The van der Waals surface area contributed by atoms with Gasteiger partial charge in [-0.1, -0.05) is 6.07 Å². The molecule has 10 heteroatoms. The molecule has 1 N–H and O–H groups in total. The Hall–Kier alpha value is -2.43. The standard InChI is InChI=1S/C21H24F3N3O3S/c1-15(2)26-10-12-27(13-11-26)31(29,30)19-8-6-18(7-9-19)25-20(28)16-4-3-5-17(14-16)21(22,23)24/h3-9,14-15H,10-13H2,1-2H3,(H,25,28). The Morgan fingerprint density at radius 1 is 1.00 bits per heavy atom. The highest BCUT2D eigenvalue weighted by Gasteiger charge is 2.31. The van der Waals surface area contributed by atoms with Gasteiger partial charge in [-0.3, -0.25) is 9.69 Å². The molecule has 3 rings (SSSR count). The number of hydrogen-bond donors (Lipinski definition) is 1. The number of alkyl halides is 3. The Bertz CT molecular complexity index is 1030. The molecule has 0 atom stereocenters. The highest BCUT2D eigenvalue weighted by atomic mass is 32.2. The van der Waals surface area contributed by atoms with Crippen LogP contribution >= 0.6 is 0 Å². The van der Waals surface area contributed by atoms with Crippen molar-refractivity contribution in [2.45, 2.75) is 31.0 Å². The summed E-state index contributed by atoms with van der Waals surface area (Å²) in [5.74, 6) is -0.716. The minimum atomic E-state index is -4.55. The first-order valence-corrected chi connectivity index (χ1v) is 11.3. The first kappa shape index (κ1) is 23.2. The van der Waals surface area contributed by atoms with Crippen molar-refractivity contribution in [2.24, 2.45) is 0 Å². The van der Waals surface area contributed by atoms with Crippen molar-refractivity contribution in [1.82, 2.24) is 9.21 Å². The molecule has 168 valence electrons. The highest BCUT2D eigenvalue weighted by molar-refractivity contribution is 7.89. The van der Waals surface area contributed by atoms with Gasteiger partial charge in [0.1, 0.15) is 0 Å². The van der Waals surface area contributed by atoms with E-state index in [1.54, 1.807) is 0 Å². The van der Waals surface area contributed by atoms with Crippen molar-refractivity contribution >= 4 is 21.6 Å². The average molecular weight is 456 g/mol. The normalized spacial score (nSPS) is 16.5. The Morgan fingerprint density at radius 3 is 2.16 bits per heavy atom. The second-order valence-corrected chi connectivity index (χ2v) is 9.53. The van der Waals surface area contributed by atoms with Gasteiger partial charge in [0.2, 0.25) is 10.0 Å². The van der Waals surface area contributed by atoms with Crippen LogP contribution in [-0.4, -0.2) is 55.8 Å². The summed E-state index contributed by atoms with van der Waals surface area (Å²) in [5, 5.41) is 2.49. The van der Waals surface area contributed by atoms with Gasteiger partial charge in [-0.05, 0) is 56.3 Å². The first-order valence-electron chi connectivity index (χ1n) is 9.81. The lowest BCUT2D eigenvalue weighted by molar-refractivity contribution is -0.137. The van der Waals surface area contributed by atoms with E-state index in [2.05, 4.69) is 24.1 Å². The van der Waals surface area contributed by atoms with Gasteiger partial charge in [0, 0.05) is 43.5 Å². The zero-order valence-electron chi connectivity index (χ0n) is 17.2. The quantitative estimate of drug-likeness (QED) is 0.747. The van der Waals surface area contributed by atoms with E-state index in [0.717, 1.165) is 18.2 Å². The number of anilines is 1. The molecule has 0 aliphatic carbocycles. The van der Waals surface area contributed by atoms with Crippen LogP contribution in [0.3, 0.4) is 0 Å². The average Bonchev–Trinajstić information content (AvgIpc) is 2.73. The van der Waals surface area contributed by atoms with Crippen LogP contribution in [0, 0.1) is 0 Å². The van der Waals surface area contributed by atoms with E-state index in [1.165, 1.54) is 34.6 Å². The van der Waals surface area contributed by atoms with E-state index in [1.807, 2.05) is 0 Å². The van der Waals surface area contributed by atoms with Gasteiger partial charge in [0.25, 0.3) is 5.91 Å². The molecule has 1 amide bonds. The minimum Gasteiger partial charge on any atom is -0.322 e. The zero-order chi connectivity index (χ0) is 22.8. The van der Waals surface area contributed by atoms with Crippen LogP contribution in [0.4, 0.5) is 18.9 Å². The zero-order valence-corrected chi connectivity index (χ0v) is 18.0. The van der Waals surface area contributed by atoms with Crippen LogP contribution in [-0.2, 0) is 16.2 Å². The molecule has 0 radical (unpaired) electrons. The van der Waals surface area contributed by atoms with Gasteiger partial charge >= 0.3 is 6.18 Å². The predicted octanol–water partition coefficient (Wildman–Crippen LogP) is 3.67. The van der Waals surface area contributed by atoms with Crippen LogP contribution in [0.1, 0.15) is 29.8 Å². The van der Waals surface area contributed by atoms with Crippen LogP contribution < -0.4 is 5.32 Å². The number of amides is 1. The van der Waals surface area contributed by atoms with Crippen molar-refractivity contribution in [2.75, 3.05) is 31.5 Å². The molecule has 0 saturated carbocycles. The van der Waals surface area contributed by atoms with Crippen molar-refractivity contribution in [1.29, 1.82) is 0 Å². The highest BCUT2D eigenvalue weighted by Crippen LogP contribution is 2.29. The third-order valence-electron chi connectivity index (χ3n) is 5.21. The van der Waals surface area contributed by atoms with Crippen LogP contribution in [0.2, 0.25) is 0 Å². The molecule has 2 aromatic rings. The summed E-state index contributed by atoms with van der Waals surface area (Å²) in [6.45, 7) is 6.24. The number of nitrogens with zero attached hydrogens (tertiary/aromatic N) is 2. The number of sulfonamides is 1. The number of benzene rings is 2. The summed E-state index contributed by atoms with van der Waals surface area (Å²) in [7, 11) is -3.66. The van der Waals surface area contributed by atoms with E-state index in [0.29, 0.717) is 32.2 Å². The summed E-state index contributed by atoms with van der Waals surface area (Å²) in [5.41, 5.74) is -0.778. The Kier molecular flexibility index (Phi) is 6.73. The Morgan fingerprint density at radius 2 is 1.61 bits per heavy atom. The summed E-state index contributed by atoms with van der Waals surface area (Å²) >= 11 is 0. The molecule has 1 saturated heterocycles. The van der Waals surface area contributed by atoms with Gasteiger partial charge in [0.05, 0.1) is 10.5 Å². The van der Waals surface area contributed by atoms with Gasteiger partial charge in [-0.25, -0.2) is 8.42 Å². The van der Waals surface area contributed by atoms with E-state index in [4.69, 9.17) is 0 Å². The maximum absolute atomic E-state index is 12.9. The molecule has 0 bridgehead atoms. The van der Waals surface area contributed by atoms with E-state index >= 15 is 0 Å². The van der Waals surface area contributed by atoms with Crippen molar-refractivity contribution < 1.29 is 26.4 Å². The number of hydrogen-bond acceptors (Lipinski definition) is 4. The van der Waals surface area contributed by atoms with Gasteiger partial charge in [0.15, 0.2) is 0 Å². The summed E-state index contributed by atoms with van der Waals surface area (Å²) < 4.78 is 65.7. The lowest BCUT2D eigenvalue weighted by atomic mass is 10.1. The summed E-state index contributed by atoms with van der Waals surface area (Å²) in [6, 6.07) is 10.0. The Labute approximate surface area is 179 Å². The monoisotopic (exact) mass is 455 g/mol. The second-order valence-electron chi connectivity index (χ2n) is 7.59. The molecule has 0 spiro atoms. The maximum Gasteiger partial charge on any atom is 0.416 e. The fourth-order valence-electron chi connectivity index (χ4n) is 3.36. The molecule has 1 fully saturated rings. The molecule has 1 aliphatic heterocycles. The molecule has 1 heterocycles.